The van der Waals surface area contributed by atoms with E-state index in [2.05, 4.69) is 0 Å². The maximum atomic E-state index is 11.6. The van der Waals surface area contributed by atoms with Crippen molar-refractivity contribution < 1.29 is 14.3 Å². The van der Waals surface area contributed by atoms with Crippen molar-refractivity contribution in [3.63, 3.8) is 0 Å². The molecule has 0 aliphatic heterocycles. The fourth-order valence-corrected chi connectivity index (χ4v) is 2.23. The van der Waals surface area contributed by atoms with E-state index in [1.165, 1.54) is 6.42 Å². The number of carbonyl (C=O) groups excluding carboxylic acids is 1. The SMILES string of the molecule is CCCOCCOC(=O)CC1(N)CCCCC1. The first-order valence-electron chi connectivity index (χ1n) is 6.68. The average molecular weight is 243 g/mol. The molecule has 2 N–H and O–H groups in total. The van der Waals surface area contributed by atoms with E-state index >= 15 is 0 Å². The molecular weight excluding hydrogens is 218 g/mol. The number of esters is 1. The zero-order valence-corrected chi connectivity index (χ0v) is 10.9. The van der Waals surface area contributed by atoms with Crippen molar-refractivity contribution in [1.29, 1.82) is 0 Å². The van der Waals surface area contributed by atoms with E-state index < -0.39 is 0 Å². The number of nitrogens with two attached hydrogens (primary N) is 1. The second kappa shape index (κ2) is 7.67. The second-order valence-corrected chi connectivity index (χ2v) is 4.93. The quantitative estimate of drug-likeness (QED) is 0.549. The Hall–Kier alpha value is -0.610. The zero-order valence-electron chi connectivity index (χ0n) is 10.9. The van der Waals surface area contributed by atoms with Crippen LogP contribution in [-0.4, -0.2) is 31.3 Å². The molecule has 0 heterocycles. The highest BCUT2D eigenvalue weighted by atomic mass is 16.6. The van der Waals surface area contributed by atoms with Crippen molar-refractivity contribution in [2.75, 3.05) is 19.8 Å². The van der Waals surface area contributed by atoms with E-state index in [4.69, 9.17) is 15.2 Å². The molecule has 1 fully saturated rings. The Bertz CT molecular complexity index is 225. The molecule has 0 spiro atoms. The summed E-state index contributed by atoms with van der Waals surface area (Å²) in [4.78, 5) is 11.6. The smallest absolute Gasteiger partial charge is 0.307 e. The predicted octanol–water partition coefficient (Wildman–Crippen LogP) is 2.01. The van der Waals surface area contributed by atoms with Crippen molar-refractivity contribution in [2.24, 2.45) is 5.73 Å². The number of rotatable bonds is 7. The van der Waals surface area contributed by atoms with Gasteiger partial charge in [0, 0.05) is 12.1 Å². The second-order valence-electron chi connectivity index (χ2n) is 4.93. The van der Waals surface area contributed by atoms with Crippen LogP contribution in [0.3, 0.4) is 0 Å². The molecular formula is C13H25NO3. The van der Waals surface area contributed by atoms with Gasteiger partial charge in [-0.3, -0.25) is 4.79 Å². The summed E-state index contributed by atoms with van der Waals surface area (Å²) in [5.74, 6) is -0.186. The molecule has 0 radical (unpaired) electrons. The summed E-state index contributed by atoms with van der Waals surface area (Å²) < 4.78 is 10.4. The Kier molecular flexibility index (Phi) is 6.52. The molecule has 4 heteroatoms. The standard InChI is InChI=1S/C13H25NO3/c1-2-8-16-9-10-17-12(15)11-13(14)6-4-3-5-7-13/h2-11,14H2,1H3. The lowest BCUT2D eigenvalue weighted by Crippen LogP contribution is -2.44. The minimum Gasteiger partial charge on any atom is -0.463 e. The van der Waals surface area contributed by atoms with E-state index in [1.54, 1.807) is 0 Å². The predicted molar refractivity (Wildman–Crippen MR) is 66.7 cm³/mol. The van der Waals surface area contributed by atoms with E-state index in [0.29, 0.717) is 19.6 Å². The van der Waals surface area contributed by atoms with Gasteiger partial charge in [0.25, 0.3) is 0 Å². The maximum Gasteiger partial charge on any atom is 0.307 e. The van der Waals surface area contributed by atoms with Crippen LogP contribution in [0.1, 0.15) is 51.9 Å². The fourth-order valence-electron chi connectivity index (χ4n) is 2.23. The van der Waals surface area contributed by atoms with Crippen LogP contribution in [0.2, 0.25) is 0 Å². The molecule has 1 aliphatic rings. The molecule has 17 heavy (non-hydrogen) atoms. The molecule has 0 aromatic rings. The lowest BCUT2D eigenvalue weighted by atomic mass is 9.80. The zero-order chi connectivity index (χ0) is 12.6. The summed E-state index contributed by atoms with van der Waals surface area (Å²) in [7, 11) is 0. The van der Waals surface area contributed by atoms with Crippen molar-refractivity contribution in [3.8, 4) is 0 Å². The maximum absolute atomic E-state index is 11.6. The van der Waals surface area contributed by atoms with Gasteiger partial charge in [-0.2, -0.15) is 0 Å². The van der Waals surface area contributed by atoms with E-state index in [1.807, 2.05) is 6.92 Å². The Morgan fingerprint density at radius 2 is 1.88 bits per heavy atom. The minimum atomic E-state index is -0.320. The highest BCUT2D eigenvalue weighted by Gasteiger charge is 2.30. The number of hydrogen-bond acceptors (Lipinski definition) is 4. The van der Waals surface area contributed by atoms with Gasteiger partial charge in [0.2, 0.25) is 0 Å². The number of ether oxygens (including phenoxy) is 2. The fraction of sp³-hybridized carbons (Fsp3) is 0.923. The molecule has 1 rings (SSSR count). The van der Waals surface area contributed by atoms with Gasteiger partial charge in [-0.15, -0.1) is 0 Å². The monoisotopic (exact) mass is 243 g/mol. The topological polar surface area (TPSA) is 61.5 Å². The molecule has 1 saturated carbocycles. The third kappa shape index (κ3) is 6.03. The van der Waals surface area contributed by atoms with Crippen molar-refractivity contribution in [3.05, 3.63) is 0 Å². The highest BCUT2D eigenvalue weighted by molar-refractivity contribution is 5.70. The first-order valence-corrected chi connectivity index (χ1v) is 6.68. The van der Waals surface area contributed by atoms with E-state index in [9.17, 15) is 4.79 Å². The molecule has 1 aliphatic carbocycles. The highest BCUT2D eigenvalue weighted by Crippen LogP contribution is 2.28. The number of hydrogen-bond donors (Lipinski definition) is 1. The molecule has 100 valence electrons. The summed E-state index contributed by atoms with van der Waals surface area (Å²) >= 11 is 0. The lowest BCUT2D eigenvalue weighted by molar-refractivity contribution is -0.146. The normalized spacial score (nSPS) is 18.9. The van der Waals surface area contributed by atoms with Crippen molar-refractivity contribution in [1.82, 2.24) is 0 Å². The third-order valence-electron chi connectivity index (χ3n) is 3.18. The van der Waals surface area contributed by atoms with Gasteiger partial charge in [0.1, 0.15) is 6.61 Å². The van der Waals surface area contributed by atoms with E-state index in [-0.39, 0.29) is 11.5 Å². The van der Waals surface area contributed by atoms with Crippen LogP contribution < -0.4 is 5.73 Å². The average Bonchev–Trinajstić information content (AvgIpc) is 2.29. The van der Waals surface area contributed by atoms with Crippen LogP contribution in [0.25, 0.3) is 0 Å². The Labute approximate surface area is 104 Å². The first kappa shape index (κ1) is 14.5. The van der Waals surface area contributed by atoms with Crippen LogP contribution in [-0.2, 0) is 14.3 Å². The van der Waals surface area contributed by atoms with Gasteiger partial charge >= 0.3 is 5.97 Å². The molecule has 0 aromatic carbocycles. The van der Waals surface area contributed by atoms with Gasteiger partial charge in [0.15, 0.2) is 0 Å². The molecule has 0 atom stereocenters. The molecule has 0 bridgehead atoms. The molecule has 0 unspecified atom stereocenters. The summed E-state index contributed by atoms with van der Waals surface area (Å²) in [5, 5.41) is 0. The minimum absolute atomic E-state index is 0.186. The number of carbonyl (C=O) groups is 1. The lowest BCUT2D eigenvalue weighted by Gasteiger charge is -2.32. The molecule has 4 nitrogen and oxygen atoms in total. The third-order valence-corrected chi connectivity index (χ3v) is 3.18. The first-order chi connectivity index (χ1) is 8.16. The molecule has 0 aromatic heterocycles. The Balaban J connectivity index is 2.11. The summed E-state index contributed by atoms with van der Waals surface area (Å²) in [5.41, 5.74) is 5.86. The summed E-state index contributed by atoms with van der Waals surface area (Å²) in [6.07, 6.45) is 6.70. The Morgan fingerprint density at radius 1 is 1.18 bits per heavy atom. The van der Waals surface area contributed by atoms with Crippen LogP contribution in [0.5, 0.6) is 0 Å². The van der Waals surface area contributed by atoms with Gasteiger partial charge in [-0.1, -0.05) is 26.2 Å². The van der Waals surface area contributed by atoms with Crippen LogP contribution in [0.4, 0.5) is 0 Å². The summed E-state index contributed by atoms with van der Waals surface area (Å²) in [6.45, 7) is 3.59. The molecule has 0 saturated heterocycles. The van der Waals surface area contributed by atoms with Gasteiger partial charge in [-0.05, 0) is 19.3 Å². The van der Waals surface area contributed by atoms with E-state index in [0.717, 1.165) is 38.7 Å². The molecule has 0 amide bonds. The van der Waals surface area contributed by atoms with Gasteiger partial charge in [0.05, 0.1) is 13.0 Å². The van der Waals surface area contributed by atoms with Gasteiger partial charge < -0.3 is 15.2 Å². The largest absolute Gasteiger partial charge is 0.463 e. The van der Waals surface area contributed by atoms with Crippen LogP contribution in [0.15, 0.2) is 0 Å². The van der Waals surface area contributed by atoms with Gasteiger partial charge in [-0.25, -0.2) is 0 Å². The van der Waals surface area contributed by atoms with Crippen LogP contribution >= 0.6 is 0 Å². The van der Waals surface area contributed by atoms with Crippen LogP contribution in [0, 0.1) is 0 Å². The van der Waals surface area contributed by atoms with Crippen molar-refractivity contribution in [2.45, 2.75) is 57.4 Å². The summed E-state index contributed by atoms with van der Waals surface area (Å²) in [6, 6.07) is 0. The Morgan fingerprint density at radius 3 is 2.53 bits per heavy atom. The van der Waals surface area contributed by atoms with Crippen molar-refractivity contribution >= 4 is 5.97 Å².